The third kappa shape index (κ3) is 4.22. The molecule has 0 atom stereocenters. The molecule has 0 saturated heterocycles. The van der Waals surface area contributed by atoms with Gasteiger partial charge in [0.25, 0.3) is 5.91 Å². The van der Waals surface area contributed by atoms with Crippen molar-refractivity contribution in [2.24, 2.45) is 0 Å². The van der Waals surface area contributed by atoms with Crippen LogP contribution in [0.2, 0.25) is 5.02 Å². The number of ether oxygens (including phenoxy) is 2. The van der Waals surface area contributed by atoms with Crippen LogP contribution in [0.1, 0.15) is 15.9 Å². The van der Waals surface area contributed by atoms with Crippen LogP contribution >= 0.6 is 11.6 Å². The number of likely N-dealkylation sites (N-methyl/N-ethyl adjacent to an activating group) is 1. The number of nitrogens with one attached hydrogen (secondary N) is 1. The zero-order valence-corrected chi connectivity index (χ0v) is 14.4. The Balaban J connectivity index is 1.52. The number of rotatable bonds is 5. The van der Waals surface area contributed by atoms with Gasteiger partial charge in [0, 0.05) is 24.2 Å². The van der Waals surface area contributed by atoms with Crippen LogP contribution in [0.4, 0.5) is 0 Å². The van der Waals surface area contributed by atoms with E-state index < -0.39 is 0 Å². The van der Waals surface area contributed by atoms with E-state index in [9.17, 15) is 9.59 Å². The zero-order chi connectivity index (χ0) is 17.8. The first-order chi connectivity index (χ1) is 12.0. The number of nitrogens with zero attached hydrogens (tertiary/aromatic N) is 1. The van der Waals surface area contributed by atoms with Gasteiger partial charge in [0.2, 0.25) is 12.7 Å². The number of hydrogen-bond donors (Lipinski definition) is 1. The topological polar surface area (TPSA) is 67.9 Å². The first-order valence-electron chi connectivity index (χ1n) is 7.69. The highest BCUT2D eigenvalue weighted by molar-refractivity contribution is 6.30. The first kappa shape index (κ1) is 17.1. The molecule has 3 rings (SSSR count). The largest absolute Gasteiger partial charge is 0.454 e. The highest BCUT2D eigenvalue weighted by Crippen LogP contribution is 2.32. The van der Waals surface area contributed by atoms with Gasteiger partial charge in [-0.15, -0.1) is 0 Å². The fourth-order valence-electron chi connectivity index (χ4n) is 2.38. The van der Waals surface area contributed by atoms with Crippen LogP contribution in [0.15, 0.2) is 42.5 Å². The summed E-state index contributed by atoms with van der Waals surface area (Å²) in [7, 11) is 1.68. The lowest BCUT2D eigenvalue weighted by Gasteiger charge is -2.17. The van der Waals surface area contributed by atoms with Crippen LogP contribution in [0, 0.1) is 0 Å². The molecule has 1 aliphatic heterocycles. The summed E-state index contributed by atoms with van der Waals surface area (Å²) >= 11 is 5.84. The molecular formula is C18H17ClN2O4. The molecule has 0 spiro atoms. The van der Waals surface area contributed by atoms with Gasteiger partial charge in [0.05, 0.1) is 6.54 Å². The maximum atomic E-state index is 12.2. The molecule has 0 aliphatic carbocycles. The van der Waals surface area contributed by atoms with Gasteiger partial charge < -0.3 is 19.7 Å². The van der Waals surface area contributed by atoms with Crippen LogP contribution < -0.4 is 14.8 Å². The quantitative estimate of drug-likeness (QED) is 0.889. The van der Waals surface area contributed by atoms with Gasteiger partial charge in [0.15, 0.2) is 11.5 Å². The van der Waals surface area contributed by atoms with Gasteiger partial charge in [-0.05, 0) is 35.9 Å². The lowest BCUT2D eigenvalue weighted by Crippen LogP contribution is -2.37. The number of halogens is 1. The molecule has 1 N–H and O–H groups in total. The molecule has 2 aromatic rings. The van der Waals surface area contributed by atoms with E-state index in [0.29, 0.717) is 28.6 Å². The summed E-state index contributed by atoms with van der Waals surface area (Å²) in [6.07, 6.45) is 0. The van der Waals surface area contributed by atoms with Gasteiger partial charge in [-0.2, -0.15) is 0 Å². The van der Waals surface area contributed by atoms with Gasteiger partial charge in [-0.3, -0.25) is 9.59 Å². The van der Waals surface area contributed by atoms with Crippen molar-refractivity contribution in [1.82, 2.24) is 10.2 Å². The molecule has 2 aromatic carbocycles. The normalized spacial score (nSPS) is 11.9. The summed E-state index contributed by atoms with van der Waals surface area (Å²) in [6, 6.07) is 12.2. The minimum absolute atomic E-state index is 0.0859. The SMILES string of the molecule is CN(Cc1ccc(Cl)cc1)C(=O)CNC(=O)c1ccc2c(c1)OCO2. The van der Waals surface area contributed by atoms with E-state index in [-0.39, 0.29) is 25.2 Å². The molecule has 2 amide bonds. The fourth-order valence-corrected chi connectivity index (χ4v) is 2.51. The molecule has 0 fully saturated rings. The first-order valence-corrected chi connectivity index (χ1v) is 8.07. The molecule has 25 heavy (non-hydrogen) atoms. The highest BCUT2D eigenvalue weighted by atomic mass is 35.5. The molecule has 1 heterocycles. The summed E-state index contributed by atoms with van der Waals surface area (Å²) in [5.74, 6) is 0.602. The van der Waals surface area contributed by atoms with Crippen molar-refractivity contribution in [2.45, 2.75) is 6.54 Å². The second-order valence-electron chi connectivity index (χ2n) is 5.63. The molecule has 0 unspecified atom stereocenters. The van der Waals surface area contributed by atoms with Crippen molar-refractivity contribution < 1.29 is 19.1 Å². The molecule has 130 valence electrons. The molecule has 0 saturated carbocycles. The number of hydrogen-bond acceptors (Lipinski definition) is 4. The van der Waals surface area contributed by atoms with Gasteiger partial charge in [-0.1, -0.05) is 23.7 Å². The molecule has 0 bridgehead atoms. The third-order valence-electron chi connectivity index (χ3n) is 3.79. The van der Waals surface area contributed by atoms with Crippen molar-refractivity contribution in [3.8, 4) is 11.5 Å². The minimum atomic E-state index is -0.341. The smallest absolute Gasteiger partial charge is 0.251 e. The Morgan fingerprint density at radius 2 is 1.84 bits per heavy atom. The van der Waals surface area contributed by atoms with E-state index in [1.54, 1.807) is 42.3 Å². The fraction of sp³-hybridized carbons (Fsp3) is 0.222. The Labute approximate surface area is 150 Å². The average Bonchev–Trinajstić information content (AvgIpc) is 3.08. The van der Waals surface area contributed by atoms with E-state index in [2.05, 4.69) is 5.32 Å². The van der Waals surface area contributed by atoms with Gasteiger partial charge in [-0.25, -0.2) is 0 Å². The molecule has 7 heteroatoms. The predicted molar refractivity (Wildman–Crippen MR) is 92.8 cm³/mol. The zero-order valence-electron chi connectivity index (χ0n) is 13.6. The van der Waals surface area contributed by atoms with E-state index in [0.717, 1.165) is 5.56 Å². The van der Waals surface area contributed by atoms with E-state index in [1.807, 2.05) is 12.1 Å². The van der Waals surface area contributed by atoms with Crippen molar-refractivity contribution in [3.05, 3.63) is 58.6 Å². The van der Waals surface area contributed by atoms with Gasteiger partial charge in [0.1, 0.15) is 0 Å². The Morgan fingerprint density at radius 3 is 2.60 bits per heavy atom. The standard InChI is InChI=1S/C18H17ClN2O4/c1-21(10-12-2-5-14(19)6-3-12)17(22)9-20-18(23)13-4-7-15-16(8-13)25-11-24-15/h2-8H,9-11H2,1H3,(H,20,23). The van der Waals surface area contributed by atoms with Crippen molar-refractivity contribution >= 4 is 23.4 Å². The van der Waals surface area contributed by atoms with Crippen LogP contribution in [0.5, 0.6) is 11.5 Å². The maximum absolute atomic E-state index is 12.2. The number of fused-ring (bicyclic) bond motifs is 1. The Bertz CT molecular complexity index is 792. The average molecular weight is 361 g/mol. The van der Waals surface area contributed by atoms with Crippen molar-refractivity contribution in [2.75, 3.05) is 20.4 Å². The summed E-state index contributed by atoms with van der Waals surface area (Å²) in [4.78, 5) is 25.9. The second kappa shape index (κ2) is 7.44. The highest BCUT2D eigenvalue weighted by Gasteiger charge is 2.17. The Kier molecular flexibility index (Phi) is 5.09. The Morgan fingerprint density at radius 1 is 1.12 bits per heavy atom. The van der Waals surface area contributed by atoms with E-state index >= 15 is 0 Å². The summed E-state index contributed by atoms with van der Waals surface area (Å²) in [5.41, 5.74) is 1.37. The van der Waals surface area contributed by atoms with Crippen LogP contribution in [0.25, 0.3) is 0 Å². The maximum Gasteiger partial charge on any atom is 0.251 e. The van der Waals surface area contributed by atoms with E-state index in [1.165, 1.54) is 0 Å². The predicted octanol–water partition coefficient (Wildman–Crippen LogP) is 2.46. The second-order valence-corrected chi connectivity index (χ2v) is 6.06. The van der Waals surface area contributed by atoms with Crippen LogP contribution in [-0.2, 0) is 11.3 Å². The molecule has 6 nitrogen and oxygen atoms in total. The summed E-state index contributed by atoms with van der Waals surface area (Å²) in [5, 5.41) is 3.27. The summed E-state index contributed by atoms with van der Waals surface area (Å²) in [6.45, 7) is 0.502. The Hall–Kier alpha value is -2.73. The lowest BCUT2D eigenvalue weighted by molar-refractivity contribution is -0.129. The van der Waals surface area contributed by atoms with Crippen LogP contribution in [0.3, 0.4) is 0 Å². The number of amides is 2. The summed E-state index contributed by atoms with van der Waals surface area (Å²) < 4.78 is 10.4. The monoisotopic (exact) mass is 360 g/mol. The lowest BCUT2D eigenvalue weighted by atomic mass is 10.2. The van der Waals surface area contributed by atoms with Crippen LogP contribution in [-0.4, -0.2) is 37.1 Å². The number of carbonyl (C=O) groups excluding carboxylic acids is 2. The molecule has 0 aromatic heterocycles. The van der Waals surface area contributed by atoms with Gasteiger partial charge >= 0.3 is 0 Å². The number of carbonyl (C=O) groups is 2. The van der Waals surface area contributed by atoms with Crippen molar-refractivity contribution in [1.29, 1.82) is 0 Å². The molecular weight excluding hydrogens is 344 g/mol. The van der Waals surface area contributed by atoms with E-state index in [4.69, 9.17) is 21.1 Å². The third-order valence-corrected chi connectivity index (χ3v) is 4.05. The van der Waals surface area contributed by atoms with Crippen molar-refractivity contribution in [3.63, 3.8) is 0 Å². The minimum Gasteiger partial charge on any atom is -0.454 e. The number of benzene rings is 2. The molecule has 1 aliphatic rings. The molecule has 0 radical (unpaired) electrons.